The second kappa shape index (κ2) is 10.4. The molecule has 2 heterocycles. The smallest absolute Gasteiger partial charge is 0.258 e. The topological polar surface area (TPSA) is 91.8 Å². The molecule has 0 fully saturated rings. The lowest BCUT2D eigenvalue weighted by atomic mass is 9.91. The van der Waals surface area contributed by atoms with Gasteiger partial charge in [-0.3, -0.25) is 19.2 Å². The highest BCUT2D eigenvalue weighted by molar-refractivity contribution is 7.79. The molecule has 2 aliphatic heterocycles. The van der Waals surface area contributed by atoms with Crippen molar-refractivity contribution in [3.63, 3.8) is 0 Å². The zero-order chi connectivity index (χ0) is 29.5. The van der Waals surface area contributed by atoms with Gasteiger partial charge in [-0.15, -0.1) is 0 Å². The molecule has 0 spiro atoms. The van der Waals surface area contributed by atoms with E-state index < -0.39 is 35.9 Å². The monoisotopic (exact) mass is 572 g/mol. The fraction of sp³-hybridized carbons (Fsp3) is 0.0588. The van der Waals surface area contributed by atoms with Crippen LogP contribution >= 0.6 is 7.14 Å². The highest BCUT2D eigenvalue weighted by atomic mass is 31.2. The minimum atomic E-state index is -3.54. The molecule has 0 aromatic heterocycles. The van der Waals surface area contributed by atoms with Crippen molar-refractivity contribution < 1.29 is 23.7 Å². The Morgan fingerprint density at radius 1 is 0.476 bits per heavy atom. The van der Waals surface area contributed by atoms with Crippen molar-refractivity contribution in [3.8, 4) is 0 Å². The molecule has 42 heavy (non-hydrogen) atoms. The molecule has 0 saturated heterocycles. The summed E-state index contributed by atoms with van der Waals surface area (Å²) in [7, 11) is -3.54. The molecule has 0 aliphatic carbocycles. The first-order chi connectivity index (χ1) is 20.2. The van der Waals surface area contributed by atoms with E-state index in [4.69, 9.17) is 0 Å². The Hall–Kier alpha value is -5.13. The van der Waals surface area contributed by atoms with Crippen LogP contribution in [0.5, 0.6) is 0 Å². The van der Waals surface area contributed by atoms with Gasteiger partial charge in [-0.25, -0.2) is 9.80 Å². The third-order valence-corrected chi connectivity index (χ3v) is 11.7. The minimum Gasteiger partial charge on any atom is -0.312 e. The average Bonchev–Trinajstić information content (AvgIpc) is 3.55. The van der Waals surface area contributed by atoms with E-state index in [-0.39, 0.29) is 0 Å². The molecule has 206 valence electrons. The summed E-state index contributed by atoms with van der Waals surface area (Å²) in [5.74, 6) is -1.70. The van der Waals surface area contributed by atoms with Gasteiger partial charge in [-0.1, -0.05) is 84.9 Å². The van der Waals surface area contributed by atoms with E-state index in [1.807, 2.05) is 67.6 Å². The maximum absolute atomic E-state index is 15.9. The maximum atomic E-state index is 15.9. The van der Waals surface area contributed by atoms with Crippen molar-refractivity contribution in [1.29, 1.82) is 0 Å². The Bertz CT molecular complexity index is 1660. The number of imide groups is 2. The van der Waals surface area contributed by atoms with Gasteiger partial charge in [-0.2, -0.15) is 0 Å². The molecular weight excluding hydrogens is 547 g/mol. The third-order valence-electron chi connectivity index (χ3n) is 7.86. The highest BCUT2D eigenvalue weighted by Gasteiger charge is 2.49. The number of amides is 4. The van der Waals surface area contributed by atoms with Crippen LogP contribution in [0, 0.1) is 0 Å². The average molecular weight is 573 g/mol. The molecule has 8 heteroatoms. The van der Waals surface area contributed by atoms with Crippen LogP contribution in [0.1, 0.15) is 18.1 Å². The Morgan fingerprint density at radius 2 is 0.786 bits per heavy atom. The van der Waals surface area contributed by atoms with Crippen molar-refractivity contribution in [1.82, 2.24) is 0 Å². The predicted octanol–water partition coefficient (Wildman–Crippen LogP) is 4.82. The molecule has 7 nitrogen and oxygen atoms in total. The first-order valence-electron chi connectivity index (χ1n) is 13.3. The summed E-state index contributed by atoms with van der Waals surface area (Å²) in [5.41, 5.74) is 2.20. The first kappa shape index (κ1) is 27.1. The van der Waals surface area contributed by atoms with E-state index in [2.05, 4.69) is 0 Å². The summed E-state index contributed by atoms with van der Waals surface area (Å²) in [5, 5.41) is 0.145. The number of hydrogen-bond donors (Lipinski definition) is 0. The van der Waals surface area contributed by atoms with Crippen LogP contribution in [0.4, 0.5) is 11.4 Å². The van der Waals surface area contributed by atoms with E-state index in [1.54, 1.807) is 48.5 Å². The third kappa shape index (κ3) is 4.18. The number of carbonyl (C=O) groups excluding carboxylic acids is 4. The molecule has 0 saturated carbocycles. The summed E-state index contributed by atoms with van der Waals surface area (Å²) >= 11 is 0. The zero-order valence-corrected chi connectivity index (χ0v) is 23.5. The molecule has 6 rings (SSSR count). The molecule has 4 aromatic rings. The van der Waals surface area contributed by atoms with Crippen LogP contribution in [0.3, 0.4) is 0 Å². The number of anilines is 2. The van der Waals surface area contributed by atoms with Gasteiger partial charge in [0.05, 0.1) is 16.5 Å². The van der Waals surface area contributed by atoms with E-state index in [1.165, 1.54) is 24.3 Å². The van der Waals surface area contributed by atoms with Crippen molar-refractivity contribution in [3.05, 3.63) is 145 Å². The standard InChI is InChI=1S/C34H25N2O5P/c1-34(24-12-16-26(17-13-24)35-30(37)20-21-31(35)38,25-14-18-27(19-15-25)36-32(39)22-23-33(36)40)42(41,28-8-4-2-5-9-28)29-10-6-3-7-11-29/h2-23H,1H3. The molecule has 0 N–H and O–H groups in total. The summed E-state index contributed by atoms with van der Waals surface area (Å²) in [6.07, 6.45) is 4.91. The molecule has 0 atom stereocenters. The van der Waals surface area contributed by atoms with Gasteiger partial charge in [-0.05, 0) is 42.3 Å². The number of rotatable bonds is 7. The fourth-order valence-electron chi connectivity index (χ4n) is 5.65. The molecular formula is C34H25N2O5P. The van der Waals surface area contributed by atoms with E-state index >= 15 is 4.57 Å². The summed E-state index contributed by atoms with van der Waals surface area (Å²) in [6.45, 7) is 1.92. The zero-order valence-electron chi connectivity index (χ0n) is 22.6. The number of carbonyl (C=O) groups is 4. The largest absolute Gasteiger partial charge is 0.312 e. The Morgan fingerprint density at radius 3 is 1.10 bits per heavy atom. The lowest BCUT2D eigenvalue weighted by Crippen LogP contribution is -2.35. The van der Waals surface area contributed by atoms with Gasteiger partial charge in [0.1, 0.15) is 0 Å². The van der Waals surface area contributed by atoms with Crippen molar-refractivity contribution >= 4 is 52.8 Å². The van der Waals surface area contributed by atoms with Crippen LogP contribution in [0.15, 0.2) is 133 Å². The van der Waals surface area contributed by atoms with Crippen molar-refractivity contribution in [2.45, 2.75) is 12.1 Å². The predicted molar refractivity (Wildman–Crippen MR) is 162 cm³/mol. The summed E-state index contributed by atoms with van der Waals surface area (Å²) in [4.78, 5) is 51.5. The minimum absolute atomic E-state index is 0.407. The summed E-state index contributed by atoms with van der Waals surface area (Å²) in [6, 6.07) is 32.5. The van der Waals surface area contributed by atoms with Crippen molar-refractivity contribution in [2.75, 3.05) is 9.80 Å². The first-order valence-corrected chi connectivity index (χ1v) is 15.0. The van der Waals surface area contributed by atoms with E-state index in [9.17, 15) is 19.2 Å². The molecule has 2 aliphatic rings. The van der Waals surface area contributed by atoms with Gasteiger partial charge in [0.15, 0.2) is 7.14 Å². The molecule has 0 bridgehead atoms. The molecule has 0 unspecified atom stereocenters. The number of benzene rings is 4. The Balaban J connectivity index is 1.56. The van der Waals surface area contributed by atoms with Gasteiger partial charge >= 0.3 is 0 Å². The fourth-order valence-corrected chi connectivity index (χ4v) is 9.19. The summed E-state index contributed by atoms with van der Waals surface area (Å²) < 4.78 is 15.9. The van der Waals surface area contributed by atoms with Crippen LogP contribution < -0.4 is 20.4 Å². The quantitative estimate of drug-likeness (QED) is 0.234. The lowest BCUT2D eigenvalue weighted by molar-refractivity contribution is -0.121. The normalized spacial score (nSPS) is 15.3. The maximum Gasteiger partial charge on any atom is 0.258 e. The van der Waals surface area contributed by atoms with Gasteiger partial charge < -0.3 is 4.57 Å². The molecule has 4 amide bonds. The van der Waals surface area contributed by atoms with Gasteiger partial charge in [0.2, 0.25) is 0 Å². The number of hydrogen-bond acceptors (Lipinski definition) is 5. The Kier molecular flexibility index (Phi) is 6.68. The van der Waals surface area contributed by atoms with Crippen LogP contribution in [-0.2, 0) is 28.9 Å². The van der Waals surface area contributed by atoms with Crippen molar-refractivity contribution in [2.24, 2.45) is 0 Å². The highest BCUT2D eigenvalue weighted by Crippen LogP contribution is 2.64. The molecule has 4 aromatic carbocycles. The van der Waals surface area contributed by atoms with Crippen LogP contribution in [-0.4, -0.2) is 23.6 Å². The molecule has 0 radical (unpaired) electrons. The van der Waals surface area contributed by atoms with E-state index in [0.29, 0.717) is 33.1 Å². The second-order valence-electron chi connectivity index (χ2n) is 10.1. The van der Waals surface area contributed by atoms with Crippen LogP contribution in [0.2, 0.25) is 0 Å². The van der Waals surface area contributed by atoms with Gasteiger partial charge in [0.25, 0.3) is 23.6 Å². The second-order valence-corrected chi connectivity index (χ2v) is 13.3. The number of nitrogens with zero attached hydrogens (tertiary/aromatic N) is 2. The lowest BCUT2D eigenvalue weighted by Gasteiger charge is -2.40. The van der Waals surface area contributed by atoms with Crippen LogP contribution in [0.25, 0.3) is 0 Å². The SMILES string of the molecule is CC(c1ccc(N2C(=O)C=CC2=O)cc1)(c1ccc(N2C(=O)C=CC2=O)cc1)P(=O)(c1ccccc1)c1ccccc1. The van der Waals surface area contributed by atoms with E-state index in [0.717, 1.165) is 9.80 Å². The Labute approximate surface area is 242 Å². The van der Waals surface area contributed by atoms with Gasteiger partial charge in [0, 0.05) is 34.9 Å².